The van der Waals surface area contributed by atoms with Crippen LogP contribution < -0.4 is 0 Å². The lowest BCUT2D eigenvalue weighted by Gasteiger charge is -2.06. The van der Waals surface area contributed by atoms with E-state index in [2.05, 4.69) is 31.9 Å². The van der Waals surface area contributed by atoms with Crippen LogP contribution in [0, 0.1) is 0 Å². The number of esters is 1. The van der Waals surface area contributed by atoms with Crippen LogP contribution in [0.25, 0.3) is 10.8 Å². The molecular weight excluding hydrogens is 336 g/mol. The van der Waals surface area contributed by atoms with Crippen molar-refractivity contribution in [3.05, 3.63) is 44.8 Å². The molecule has 0 aliphatic rings. The third-order valence-electron chi connectivity index (χ3n) is 2.32. The van der Waals surface area contributed by atoms with Crippen LogP contribution in [0.4, 0.5) is 0 Å². The van der Waals surface area contributed by atoms with Crippen molar-refractivity contribution in [1.82, 2.24) is 0 Å². The minimum Gasteiger partial charge on any atom is -0.465 e. The van der Waals surface area contributed by atoms with Crippen LogP contribution in [0.15, 0.2) is 39.3 Å². The normalized spacial score (nSPS) is 10.4. The first-order valence-corrected chi connectivity index (χ1v) is 6.18. The number of methoxy groups -OCH3 is 1. The van der Waals surface area contributed by atoms with Crippen LogP contribution >= 0.6 is 31.9 Å². The van der Waals surface area contributed by atoms with E-state index >= 15 is 0 Å². The van der Waals surface area contributed by atoms with Gasteiger partial charge in [0.05, 0.1) is 12.7 Å². The Morgan fingerprint density at radius 1 is 1.19 bits per heavy atom. The Morgan fingerprint density at radius 2 is 1.94 bits per heavy atom. The van der Waals surface area contributed by atoms with Gasteiger partial charge in [0.15, 0.2) is 0 Å². The topological polar surface area (TPSA) is 26.3 Å². The van der Waals surface area contributed by atoms with Crippen LogP contribution in [-0.2, 0) is 4.74 Å². The maximum absolute atomic E-state index is 11.5. The van der Waals surface area contributed by atoms with Gasteiger partial charge in [-0.3, -0.25) is 0 Å². The molecule has 0 saturated heterocycles. The van der Waals surface area contributed by atoms with Crippen molar-refractivity contribution in [2.75, 3.05) is 7.11 Å². The molecule has 0 unspecified atom stereocenters. The van der Waals surface area contributed by atoms with Gasteiger partial charge in [-0.05, 0) is 44.9 Å². The number of benzene rings is 2. The molecule has 0 spiro atoms. The fraction of sp³-hybridized carbons (Fsp3) is 0.0833. The summed E-state index contributed by atoms with van der Waals surface area (Å²) in [5.41, 5.74) is 0.539. The molecule has 0 amide bonds. The third-order valence-corrected chi connectivity index (χ3v) is 3.67. The Morgan fingerprint density at radius 3 is 2.62 bits per heavy atom. The molecule has 82 valence electrons. The summed E-state index contributed by atoms with van der Waals surface area (Å²) >= 11 is 6.84. The molecule has 0 N–H and O–H groups in total. The Hall–Kier alpha value is -0.870. The Labute approximate surface area is 110 Å². The zero-order valence-corrected chi connectivity index (χ0v) is 11.6. The highest BCUT2D eigenvalue weighted by Crippen LogP contribution is 2.30. The molecule has 2 rings (SSSR count). The Balaban J connectivity index is 2.70. The summed E-state index contributed by atoms with van der Waals surface area (Å²) in [6, 6.07) is 9.55. The fourth-order valence-electron chi connectivity index (χ4n) is 1.53. The number of ether oxygens (including phenoxy) is 1. The van der Waals surface area contributed by atoms with Crippen LogP contribution in [0.2, 0.25) is 0 Å². The average molecular weight is 344 g/mol. The summed E-state index contributed by atoms with van der Waals surface area (Å²) in [7, 11) is 1.38. The van der Waals surface area contributed by atoms with Crippen LogP contribution in [-0.4, -0.2) is 13.1 Å². The second kappa shape index (κ2) is 4.55. The number of rotatable bonds is 1. The molecule has 0 heterocycles. The molecule has 0 radical (unpaired) electrons. The number of fused-ring (bicyclic) bond motifs is 1. The van der Waals surface area contributed by atoms with Crippen LogP contribution in [0.1, 0.15) is 10.4 Å². The van der Waals surface area contributed by atoms with Gasteiger partial charge in [0, 0.05) is 8.95 Å². The lowest BCUT2D eigenvalue weighted by Crippen LogP contribution is -2.02. The predicted octanol–water partition coefficient (Wildman–Crippen LogP) is 4.15. The summed E-state index contributed by atoms with van der Waals surface area (Å²) in [5.74, 6) is -0.336. The van der Waals surface area contributed by atoms with Gasteiger partial charge in [0.2, 0.25) is 0 Å². The molecule has 0 aromatic heterocycles. The van der Waals surface area contributed by atoms with E-state index < -0.39 is 0 Å². The van der Waals surface area contributed by atoms with E-state index in [9.17, 15) is 4.79 Å². The molecule has 0 bridgehead atoms. The standard InChI is InChI=1S/C12H8Br2O2/c1-16-12(15)10-4-2-7-6-8(13)3-5-9(7)11(10)14/h2-6H,1H3. The molecule has 0 atom stereocenters. The smallest absolute Gasteiger partial charge is 0.339 e. The second-order valence-electron chi connectivity index (χ2n) is 3.28. The first kappa shape index (κ1) is 11.6. The maximum Gasteiger partial charge on any atom is 0.339 e. The summed E-state index contributed by atoms with van der Waals surface area (Å²) in [5, 5.41) is 2.06. The van der Waals surface area contributed by atoms with Crippen molar-refractivity contribution >= 4 is 48.6 Å². The first-order valence-electron chi connectivity index (χ1n) is 4.59. The summed E-state index contributed by atoms with van der Waals surface area (Å²) in [4.78, 5) is 11.5. The van der Waals surface area contributed by atoms with E-state index in [1.165, 1.54) is 7.11 Å². The molecular formula is C12H8Br2O2. The molecule has 2 aromatic carbocycles. The highest BCUT2D eigenvalue weighted by molar-refractivity contribution is 9.11. The predicted molar refractivity (Wildman–Crippen MR) is 70.7 cm³/mol. The van der Waals surface area contributed by atoms with E-state index in [0.29, 0.717) is 5.56 Å². The van der Waals surface area contributed by atoms with E-state index in [1.54, 1.807) is 6.07 Å². The molecule has 0 saturated carbocycles. The third kappa shape index (κ3) is 1.99. The first-order chi connectivity index (χ1) is 7.63. The summed E-state index contributed by atoms with van der Waals surface area (Å²) < 4.78 is 6.49. The van der Waals surface area contributed by atoms with Gasteiger partial charge >= 0.3 is 5.97 Å². The van der Waals surface area contributed by atoms with E-state index in [0.717, 1.165) is 19.7 Å². The van der Waals surface area contributed by atoms with E-state index in [1.807, 2.05) is 24.3 Å². The van der Waals surface area contributed by atoms with Crippen LogP contribution in [0.3, 0.4) is 0 Å². The van der Waals surface area contributed by atoms with Crippen molar-refractivity contribution in [1.29, 1.82) is 0 Å². The Kier molecular flexibility index (Phi) is 3.30. The number of carbonyl (C=O) groups excluding carboxylic acids is 1. The minimum absolute atomic E-state index is 0.336. The number of carbonyl (C=O) groups is 1. The largest absolute Gasteiger partial charge is 0.465 e. The zero-order valence-electron chi connectivity index (χ0n) is 8.46. The quantitative estimate of drug-likeness (QED) is 0.727. The fourth-order valence-corrected chi connectivity index (χ4v) is 2.56. The Bertz CT molecular complexity index is 564. The van der Waals surface area contributed by atoms with Crippen molar-refractivity contribution in [2.24, 2.45) is 0 Å². The molecule has 0 aliphatic carbocycles. The molecule has 16 heavy (non-hydrogen) atoms. The lowest BCUT2D eigenvalue weighted by molar-refractivity contribution is 0.0600. The SMILES string of the molecule is COC(=O)c1ccc2cc(Br)ccc2c1Br. The summed E-state index contributed by atoms with van der Waals surface area (Å²) in [6.45, 7) is 0. The lowest BCUT2D eigenvalue weighted by atomic mass is 10.1. The number of hydrogen-bond acceptors (Lipinski definition) is 2. The van der Waals surface area contributed by atoms with Gasteiger partial charge < -0.3 is 4.74 Å². The maximum atomic E-state index is 11.5. The van der Waals surface area contributed by atoms with Crippen molar-refractivity contribution < 1.29 is 9.53 Å². The summed E-state index contributed by atoms with van der Waals surface area (Å²) in [6.07, 6.45) is 0. The number of halogens is 2. The highest BCUT2D eigenvalue weighted by Gasteiger charge is 2.12. The van der Waals surface area contributed by atoms with E-state index in [4.69, 9.17) is 4.74 Å². The molecule has 2 aromatic rings. The van der Waals surface area contributed by atoms with Gasteiger partial charge in [0.1, 0.15) is 0 Å². The molecule has 4 heteroatoms. The van der Waals surface area contributed by atoms with Crippen molar-refractivity contribution in [2.45, 2.75) is 0 Å². The van der Waals surface area contributed by atoms with Crippen LogP contribution in [0.5, 0.6) is 0 Å². The highest BCUT2D eigenvalue weighted by atomic mass is 79.9. The molecule has 0 fully saturated rings. The van der Waals surface area contributed by atoms with Gasteiger partial charge in [0.25, 0.3) is 0 Å². The average Bonchev–Trinajstić information content (AvgIpc) is 2.28. The van der Waals surface area contributed by atoms with Gasteiger partial charge in [-0.15, -0.1) is 0 Å². The molecule has 2 nitrogen and oxygen atoms in total. The van der Waals surface area contributed by atoms with Gasteiger partial charge in [-0.2, -0.15) is 0 Å². The van der Waals surface area contributed by atoms with Gasteiger partial charge in [-0.25, -0.2) is 4.79 Å². The minimum atomic E-state index is -0.336. The van der Waals surface area contributed by atoms with Crippen molar-refractivity contribution in [3.63, 3.8) is 0 Å². The van der Waals surface area contributed by atoms with Crippen molar-refractivity contribution in [3.8, 4) is 0 Å². The second-order valence-corrected chi connectivity index (χ2v) is 4.99. The molecule has 0 aliphatic heterocycles. The number of hydrogen-bond donors (Lipinski definition) is 0. The van der Waals surface area contributed by atoms with E-state index in [-0.39, 0.29) is 5.97 Å². The van der Waals surface area contributed by atoms with Gasteiger partial charge in [-0.1, -0.05) is 28.1 Å². The zero-order chi connectivity index (χ0) is 11.7. The monoisotopic (exact) mass is 342 g/mol.